The van der Waals surface area contributed by atoms with Gasteiger partial charge in [-0.1, -0.05) is 0 Å². The maximum Gasteiger partial charge on any atom is 0.416 e. The first-order valence-corrected chi connectivity index (χ1v) is 9.03. The largest absolute Gasteiger partial charge is 0.493 e. The second-order valence-corrected chi connectivity index (χ2v) is 6.55. The number of ether oxygens (including phenoxy) is 2. The van der Waals surface area contributed by atoms with Gasteiger partial charge in [-0.15, -0.1) is 0 Å². The van der Waals surface area contributed by atoms with Crippen LogP contribution in [0.15, 0.2) is 36.4 Å². The minimum Gasteiger partial charge on any atom is -0.493 e. The van der Waals surface area contributed by atoms with Crippen LogP contribution in [-0.2, 0) is 12.6 Å². The van der Waals surface area contributed by atoms with E-state index in [4.69, 9.17) is 15.2 Å². The van der Waals surface area contributed by atoms with Gasteiger partial charge in [0, 0.05) is 22.2 Å². The first-order valence-electron chi connectivity index (χ1n) is 9.03. The molecule has 0 saturated carbocycles. The van der Waals surface area contributed by atoms with E-state index in [1.807, 2.05) is 12.1 Å². The second-order valence-electron chi connectivity index (χ2n) is 6.55. The molecule has 7 heteroatoms. The third-order valence-electron chi connectivity index (χ3n) is 4.79. The van der Waals surface area contributed by atoms with Crippen molar-refractivity contribution in [3.05, 3.63) is 47.5 Å². The van der Waals surface area contributed by atoms with Gasteiger partial charge in [0.2, 0.25) is 0 Å². The van der Waals surface area contributed by atoms with Gasteiger partial charge in [-0.25, -0.2) is 0 Å². The van der Waals surface area contributed by atoms with Gasteiger partial charge in [-0.3, -0.25) is 0 Å². The molecule has 3 N–H and O–H groups in total. The molecule has 4 nitrogen and oxygen atoms in total. The highest BCUT2D eigenvalue weighted by Gasteiger charge is 2.31. The first-order chi connectivity index (χ1) is 13.4. The number of hydrogen-bond acceptors (Lipinski definition) is 3. The number of alkyl halides is 3. The van der Waals surface area contributed by atoms with Crippen molar-refractivity contribution in [3.8, 4) is 22.8 Å². The van der Waals surface area contributed by atoms with Crippen LogP contribution in [-0.4, -0.2) is 25.7 Å². The number of halogens is 3. The number of methoxy groups -OCH3 is 2. The van der Waals surface area contributed by atoms with E-state index in [1.165, 1.54) is 12.1 Å². The number of nitrogens with one attached hydrogen (secondary N) is 1. The molecule has 0 radical (unpaired) electrons. The molecular weight excluding hydrogens is 369 g/mol. The number of fused-ring (bicyclic) bond motifs is 1. The lowest BCUT2D eigenvalue weighted by Gasteiger charge is -2.11. The lowest BCUT2D eigenvalue weighted by molar-refractivity contribution is -0.137. The number of aromatic nitrogens is 1. The molecule has 0 saturated heterocycles. The molecule has 28 heavy (non-hydrogen) atoms. The van der Waals surface area contributed by atoms with Gasteiger partial charge >= 0.3 is 6.18 Å². The van der Waals surface area contributed by atoms with Crippen LogP contribution in [0.2, 0.25) is 0 Å². The molecule has 0 amide bonds. The van der Waals surface area contributed by atoms with Crippen LogP contribution in [0.1, 0.15) is 24.0 Å². The zero-order chi connectivity index (χ0) is 20.3. The number of hydrogen-bond donors (Lipinski definition) is 2. The van der Waals surface area contributed by atoms with Gasteiger partial charge in [-0.05, 0) is 67.8 Å². The molecule has 3 rings (SSSR count). The molecule has 1 aromatic heterocycles. The zero-order valence-corrected chi connectivity index (χ0v) is 15.8. The molecule has 0 spiro atoms. The van der Waals surface area contributed by atoms with Crippen molar-refractivity contribution in [3.63, 3.8) is 0 Å². The molecule has 0 aliphatic carbocycles. The monoisotopic (exact) mass is 392 g/mol. The molecular formula is C21H23F3N2O2. The minimum absolute atomic E-state index is 0.544. The Kier molecular flexibility index (Phi) is 5.84. The van der Waals surface area contributed by atoms with Gasteiger partial charge < -0.3 is 20.2 Å². The number of H-pyrrole nitrogens is 1. The minimum atomic E-state index is -4.39. The molecule has 0 bridgehead atoms. The smallest absolute Gasteiger partial charge is 0.416 e. The Labute approximate surface area is 161 Å². The lowest BCUT2D eigenvalue weighted by atomic mass is 9.99. The molecule has 0 atom stereocenters. The van der Waals surface area contributed by atoms with Crippen LogP contribution >= 0.6 is 0 Å². The Hall–Kier alpha value is -2.67. The highest BCUT2D eigenvalue weighted by atomic mass is 19.4. The SMILES string of the molecule is COc1ccc(-c2[nH]c3ccc(C(F)(F)F)cc3c2CCCCN)cc1OC. The molecule has 0 fully saturated rings. The molecule has 150 valence electrons. The number of aromatic amines is 1. The van der Waals surface area contributed by atoms with E-state index in [9.17, 15) is 13.2 Å². The highest BCUT2D eigenvalue weighted by molar-refractivity contribution is 5.91. The summed E-state index contributed by atoms with van der Waals surface area (Å²) in [5, 5.41) is 0.580. The Morgan fingerprint density at radius 3 is 2.36 bits per heavy atom. The predicted octanol–water partition coefficient (Wildman–Crippen LogP) is 5.15. The summed E-state index contributed by atoms with van der Waals surface area (Å²) in [6.45, 7) is 0.544. The molecule has 3 aromatic rings. The standard InChI is InChI=1S/C21H23F3N2O2/c1-27-18-9-6-13(11-19(18)28-2)20-15(5-3-4-10-25)16-12-14(21(22,23)24)7-8-17(16)26-20/h6-9,11-12,26H,3-5,10,25H2,1-2H3. The van der Waals surface area contributed by atoms with Gasteiger partial charge in [-0.2, -0.15) is 13.2 Å². The Bertz CT molecular complexity index is 964. The first kappa shape index (κ1) is 20.1. The Morgan fingerprint density at radius 1 is 0.964 bits per heavy atom. The number of nitrogens with two attached hydrogens (primary N) is 1. The maximum atomic E-state index is 13.2. The summed E-state index contributed by atoms with van der Waals surface area (Å²) < 4.78 is 50.3. The summed E-state index contributed by atoms with van der Waals surface area (Å²) in [6, 6.07) is 9.26. The van der Waals surface area contributed by atoms with E-state index in [2.05, 4.69) is 4.98 Å². The summed E-state index contributed by atoms with van der Waals surface area (Å²) in [6.07, 6.45) is -2.16. The van der Waals surface area contributed by atoms with E-state index in [0.717, 1.165) is 35.7 Å². The van der Waals surface area contributed by atoms with E-state index < -0.39 is 11.7 Å². The number of benzene rings is 2. The quantitative estimate of drug-likeness (QED) is 0.547. The van der Waals surface area contributed by atoms with Crippen molar-refractivity contribution in [2.45, 2.75) is 25.4 Å². The lowest BCUT2D eigenvalue weighted by Crippen LogP contribution is -2.04. The summed E-state index contributed by atoms with van der Waals surface area (Å²) in [5.74, 6) is 1.15. The van der Waals surface area contributed by atoms with Crippen LogP contribution in [0.5, 0.6) is 11.5 Å². The fourth-order valence-corrected chi connectivity index (χ4v) is 3.37. The maximum absolute atomic E-state index is 13.2. The van der Waals surface area contributed by atoms with Crippen molar-refractivity contribution >= 4 is 10.9 Å². The molecule has 2 aromatic carbocycles. The Morgan fingerprint density at radius 2 is 1.71 bits per heavy atom. The van der Waals surface area contributed by atoms with Gasteiger partial charge in [0.25, 0.3) is 0 Å². The fraction of sp³-hybridized carbons (Fsp3) is 0.333. The number of rotatable bonds is 7. The summed E-state index contributed by atoms with van der Waals surface area (Å²) in [5.41, 5.74) is 8.06. The van der Waals surface area contributed by atoms with Crippen LogP contribution in [0.25, 0.3) is 22.2 Å². The summed E-state index contributed by atoms with van der Waals surface area (Å²) >= 11 is 0. The van der Waals surface area contributed by atoms with Gasteiger partial charge in [0.1, 0.15) is 0 Å². The van der Waals surface area contributed by atoms with E-state index in [0.29, 0.717) is 35.4 Å². The number of unbranched alkanes of at least 4 members (excludes halogenated alkanes) is 1. The van der Waals surface area contributed by atoms with Crippen molar-refractivity contribution in [2.75, 3.05) is 20.8 Å². The average Bonchev–Trinajstić information content (AvgIpc) is 3.05. The van der Waals surface area contributed by atoms with Crippen LogP contribution < -0.4 is 15.2 Å². The molecule has 0 aliphatic heterocycles. The number of aryl methyl sites for hydroxylation is 1. The van der Waals surface area contributed by atoms with E-state index in [-0.39, 0.29) is 0 Å². The molecule has 0 aliphatic rings. The van der Waals surface area contributed by atoms with Gasteiger partial charge in [0.15, 0.2) is 11.5 Å². The molecule has 0 unspecified atom stereocenters. The van der Waals surface area contributed by atoms with Crippen molar-refractivity contribution < 1.29 is 22.6 Å². The summed E-state index contributed by atoms with van der Waals surface area (Å²) in [4.78, 5) is 3.28. The van der Waals surface area contributed by atoms with Crippen molar-refractivity contribution in [1.82, 2.24) is 4.98 Å². The van der Waals surface area contributed by atoms with Crippen LogP contribution in [0.3, 0.4) is 0 Å². The second kappa shape index (κ2) is 8.14. The van der Waals surface area contributed by atoms with E-state index >= 15 is 0 Å². The normalized spacial score (nSPS) is 11.8. The van der Waals surface area contributed by atoms with Crippen molar-refractivity contribution in [2.24, 2.45) is 5.73 Å². The van der Waals surface area contributed by atoms with Crippen LogP contribution in [0.4, 0.5) is 13.2 Å². The van der Waals surface area contributed by atoms with Crippen molar-refractivity contribution in [1.29, 1.82) is 0 Å². The highest BCUT2D eigenvalue weighted by Crippen LogP contribution is 2.38. The third kappa shape index (κ3) is 3.94. The van der Waals surface area contributed by atoms with E-state index in [1.54, 1.807) is 20.3 Å². The predicted molar refractivity (Wildman–Crippen MR) is 104 cm³/mol. The zero-order valence-electron chi connectivity index (χ0n) is 15.8. The average molecular weight is 392 g/mol. The topological polar surface area (TPSA) is 60.3 Å². The fourth-order valence-electron chi connectivity index (χ4n) is 3.37. The van der Waals surface area contributed by atoms with Gasteiger partial charge in [0.05, 0.1) is 19.8 Å². The molecule has 1 heterocycles. The summed E-state index contributed by atoms with van der Waals surface area (Å²) in [7, 11) is 3.10. The Balaban J connectivity index is 2.16. The van der Waals surface area contributed by atoms with Crippen LogP contribution in [0, 0.1) is 0 Å². The third-order valence-corrected chi connectivity index (χ3v) is 4.79.